The maximum absolute atomic E-state index is 14.8. The molecule has 36 heavy (non-hydrogen) atoms. The van der Waals surface area contributed by atoms with Crippen molar-refractivity contribution in [3.8, 4) is 16.9 Å². The van der Waals surface area contributed by atoms with Gasteiger partial charge in [-0.25, -0.2) is 14.2 Å². The molecular formula is C24H20F4N4O4. The van der Waals surface area contributed by atoms with Crippen molar-refractivity contribution < 1.29 is 37.0 Å². The number of carboxylic acids is 1. The molecule has 1 aromatic heterocycles. The second-order valence-corrected chi connectivity index (χ2v) is 7.90. The van der Waals surface area contributed by atoms with Crippen LogP contribution in [0.1, 0.15) is 5.56 Å². The number of hydrogen-bond donors (Lipinski definition) is 2. The molecule has 1 aliphatic rings. The van der Waals surface area contributed by atoms with Gasteiger partial charge in [0.25, 0.3) is 0 Å². The lowest BCUT2D eigenvalue weighted by Crippen LogP contribution is -2.35. The zero-order valence-electron chi connectivity index (χ0n) is 18.6. The molecule has 2 heterocycles. The quantitative estimate of drug-likeness (QED) is 0.431. The molecule has 0 bridgehead atoms. The molecule has 1 aliphatic heterocycles. The van der Waals surface area contributed by atoms with Gasteiger partial charge in [0.2, 0.25) is 0 Å². The molecule has 1 saturated heterocycles. The van der Waals surface area contributed by atoms with E-state index in [1.54, 1.807) is 24.3 Å². The monoisotopic (exact) mass is 504 g/mol. The minimum Gasteiger partial charge on any atom is -0.480 e. The molecule has 0 radical (unpaired) electrons. The summed E-state index contributed by atoms with van der Waals surface area (Å²) < 4.78 is 55.9. The highest BCUT2D eigenvalue weighted by Gasteiger charge is 2.32. The number of alkyl halides is 3. The number of halogens is 4. The van der Waals surface area contributed by atoms with Crippen molar-refractivity contribution in [3.63, 3.8) is 0 Å². The van der Waals surface area contributed by atoms with Gasteiger partial charge >= 0.3 is 18.4 Å². The molecule has 3 aromatic rings. The smallest absolute Gasteiger partial charge is 0.480 e. The minimum atomic E-state index is -4.77. The Hall–Kier alpha value is -4.35. The number of rotatable bonds is 8. The molecule has 2 N–H and O–H groups in total. The van der Waals surface area contributed by atoms with Gasteiger partial charge in [0.1, 0.15) is 23.9 Å². The maximum atomic E-state index is 14.8. The fourth-order valence-corrected chi connectivity index (χ4v) is 3.74. The number of aromatic nitrogens is 1. The third kappa shape index (κ3) is 6.01. The Bertz CT molecular complexity index is 1270. The Labute approximate surface area is 202 Å². The van der Waals surface area contributed by atoms with Crippen LogP contribution in [-0.4, -0.2) is 53.0 Å². The van der Waals surface area contributed by atoms with Gasteiger partial charge in [0.05, 0.1) is 5.69 Å². The van der Waals surface area contributed by atoms with E-state index in [0.717, 1.165) is 4.90 Å². The summed E-state index contributed by atoms with van der Waals surface area (Å²) in [5, 5.41) is 11.9. The first-order chi connectivity index (χ1) is 17.1. The molecule has 0 atom stereocenters. The molecule has 4 rings (SSSR count). The topological polar surface area (TPSA) is 95.0 Å². The fraction of sp³-hybridized carbons (Fsp3) is 0.208. The van der Waals surface area contributed by atoms with Crippen molar-refractivity contribution in [1.29, 1.82) is 0 Å². The van der Waals surface area contributed by atoms with Crippen LogP contribution in [0.15, 0.2) is 60.8 Å². The van der Waals surface area contributed by atoms with E-state index in [9.17, 15) is 27.2 Å². The second-order valence-electron chi connectivity index (χ2n) is 7.90. The van der Waals surface area contributed by atoms with Gasteiger partial charge in [-0.1, -0.05) is 18.2 Å². The molecular weight excluding hydrogens is 484 g/mol. The van der Waals surface area contributed by atoms with Gasteiger partial charge in [-0.3, -0.25) is 9.69 Å². The van der Waals surface area contributed by atoms with Crippen molar-refractivity contribution in [1.82, 2.24) is 9.88 Å². The van der Waals surface area contributed by atoms with E-state index in [-0.39, 0.29) is 31.1 Å². The maximum Gasteiger partial charge on any atom is 0.573 e. The molecule has 8 nitrogen and oxygen atoms in total. The first-order valence-electron chi connectivity index (χ1n) is 10.7. The number of carbonyl (C=O) groups excluding carboxylic acids is 1. The lowest BCUT2D eigenvalue weighted by Gasteiger charge is -2.18. The fourth-order valence-electron chi connectivity index (χ4n) is 3.74. The number of ether oxygens (including phenoxy) is 1. The molecule has 0 unspecified atom stereocenters. The summed E-state index contributed by atoms with van der Waals surface area (Å²) in [6.07, 6.45) is -3.26. The van der Waals surface area contributed by atoms with Crippen molar-refractivity contribution in [2.24, 2.45) is 0 Å². The lowest BCUT2D eigenvalue weighted by molar-refractivity contribution is -0.274. The van der Waals surface area contributed by atoms with Crippen LogP contribution in [0.25, 0.3) is 11.1 Å². The van der Waals surface area contributed by atoms with Gasteiger partial charge in [-0.05, 0) is 47.5 Å². The van der Waals surface area contributed by atoms with Crippen LogP contribution >= 0.6 is 0 Å². The Kier molecular flexibility index (Phi) is 6.95. The number of carbonyl (C=O) groups is 2. The van der Waals surface area contributed by atoms with Crippen LogP contribution in [-0.2, 0) is 11.3 Å². The highest BCUT2D eigenvalue weighted by Crippen LogP contribution is 2.29. The number of nitrogens with zero attached hydrogens (tertiary/aromatic N) is 3. The highest BCUT2D eigenvalue weighted by atomic mass is 19.4. The zero-order valence-corrected chi connectivity index (χ0v) is 18.6. The van der Waals surface area contributed by atoms with Crippen molar-refractivity contribution in [3.05, 3.63) is 72.2 Å². The van der Waals surface area contributed by atoms with Crippen LogP contribution < -0.4 is 15.0 Å². The third-order valence-corrected chi connectivity index (χ3v) is 5.36. The summed E-state index contributed by atoms with van der Waals surface area (Å²) >= 11 is 0. The Morgan fingerprint density at radius 3 is 2.53 bits per heavy atom. The summed E-state index contributed by atoms with van der Waals surface area (Å²) in [5.41, 5.74) is 1.73. The zero-order chi connectivity index (χ0) is 25.9. The predicted molar refractivity (Wildman–Crippen MR) is 122 cm³/mol. The molecule has 2 aromatic carbocycles. The van der Waals surface area contributed by atoms with Crippen molar-refractivity contribution in [2.45, 2.75) is 12.9 Å². The number of hydrogen-bond acceptors (Lipinski definition) is 5. The van der Waals surface area contributed by atoms with Gasteiger partial charge in [-0.15, -0.1) is 13.2 Å². The minimum absolute atomic E-state index is 0.0552. The number of carboxylic acid groups (broad SMARTS) is 1. The molecule has 0 aliphatic carbocycles. The van der Waals surface area contributed by atoms with Crippen LogP contribution in [0.3, 0.4) is 0 Å². The Morgan fingerprint density at radius 1 is 1.08 bits per heavy atom. The number of pyridine rings is 1. The molecule has 0 spiro atoms. The third-order valence-electron chi connectivity index (χ3n) is 5.36. The first kappa shape index (κ1) is 24.8. The molecule has 188 valence electrons. The van der Waals surface area contributed by atoms with Crippen LogP contribution in [0, 0.1) is 5.82 Å². The SMILES string of the molecule is O=C(O)CN1CCN(c2ccc(-c3ccc(NCc4cccc(OC(F)(F)F)c4)nc3)cc2F)C1=O. The molecule has 12 heteroatoms. The van der Waals surface area contributed by atoms with E-state index in [4.69, 9.17) is 5.11 Å². The van der Waals surface area contributed by atoms with E-state index in [2.05, 4.69) is 15.0 Å². The van der Waals surface area contributed by atoms with Gasteiger partial charge in [0, 0.05) is 31.4 Å². The van der Waals surface area contributed by atoms with E-state index in [1.807, 2.05) is 0 Å². The summed E-state index contributed by atoms with van der Waals surface area (Å²) in [6.45, 7) is 0.112. The predicted octanol–water partition coefficient (Wildman–Crippen LogP) is 4.73. The van der Waals surface area contributed by atoms with Gasteiger partial charge < -0.3 is 20.1 Å². The van der Waals surface area contributed by atoms with E-state index >= 15 is 0 Å². The van der Waals surface area contributed by atoms with E-state index < -0.39 is 30.7 Å². The number of amides is 2. The first-order valence-corrected chi connectivity index (χ1v) is 10.7. The number of anilines is 2. The number of aliphatic carboxylic acids is 1. The standard InChI is InChI=1S/C24H20F4N4O4/c25-19-11-16(4-6-20(19)32-9-8-31(23(32)35)14-22(33)34)17-5-7-21(30-13-17)29-12-15-2-1-3-18(10-15)36-24(26,27)28/h1-7,10-11,13H,8-9,12,14H2,(H,29,30)(H,33,34). The summed E-state index contributed by atoms with van der Waals surface area (Å²) in [4.78, 5) is 29.8. The van der Waals surface area contributed by atoms with Crippen LogP contribution in [0.4, 0.5) is 33.9 Å². The summed E-state index contributed by atoms with van der Waals surface area (Å²) in [7, 11) is 0. The van der Waals surface area contributed by atoms with Crippen molar-refractivity contribution >= 4 is 23.5 Å². The second kappa shape index (κ2) is 10.1. The van der Waals surface area contributed by atoms with E-state index in [1.165, 1.54) is 41.4 Å². The van der Waals surface area contributed by atoms with Crippen LogP contribution in [0.2, 0.25) is 0 Å². The largest absolute Gasteiger partial charge is 0.573 e. The normalized spacial score (nSPS) is 13.7. The summed E-state index contributed by atoms with van der Waals surface area (Å²) in [5.74, 6) is -1.64. The van der Waals surface area contributed by atoms with Crippen LogP contribution in [0.5, 0.6) is 5.75 Å². The average molecular weight is 504 g/mol. The Morgan fingerprint density at radius 2 is 1.86 bits per heavy atom. The number of benzene rings is 2. The number of urea groups is 1. The highest BCUT2D eigenvalue weighted by molar-refractivity contribution is 5.96. The Balaban J connectivity index is 1.40. The lowest BCUT2D eigenvalue weighted by atomic mass is 10.1. The van der Waals surface area contributed by atoms with E-state index in [0.29, 0.717) is 22.5 Å². The van der Waals surface area contributed by atoms with Crippen molar-refractivity contribution in [2.75, 3.05) is 29.9 Å². The molecule has 1 fully saturated rings. The summed E-state index contributed by atoms with van der Waals surface area (Å²) in [6, 6.07) is 12.7. The number of nitrogens with one attached hydrogen (secondary N) is 1. The average Bonchev–Trinajstić information content (AvgIpc) is 3.16. The molecule has 2 amide bonds. The van der Waals surface area contributed by atoms with Gasteiger partial charge in [-0.2, -0.15) is 0 Å². The van der Waals surface area contributed by atoms with Gasteiger partial charge in [0.15, 0.2) is 0 Å². The molecule has 0 saturated carbocycles.